The first-order valence-electron chi connectivity index (χ1n) is 4.20. The van der Waals surface area contributed by atoms with Crippen molar-refractivity contribution in [2.75, 3.05) is 19.7 Å². The van der Waals surface area contributed by atoms with Crippen molar-refractivity contribution in [1.29, 1.82) is 0 Å². The van der Waals surface area contributed by atoms with E-state index in [0.29, 0.717) is 0 Å². The molecule has 0 amide bonds. The molecule has 2 nitrogen and oxygen atoms in total. The monoisotopic (exact) mass is 151 g/mol. The van der Waals surface area contributed by atoms with E-state index in [0.717, 1.165) is 6.61 Å². The molecule has 0 N–H and O–H groups in total. The van der Waals surface area contributed by atoms with Crippen LogP contribution in [0.15, 0.2) is 24.1 Å². The van der Waals surface area contributed by atoms with Crippen LogP contribution >= 0.6 is 0 Å². The van der Waals surface area contributed by atoms with Crippen molar-refractivity contribution in [1.82, 2.24) is 4.90 Å². The summed E-state index contributed by atoms with van der Waals surface area (Å²) in [5.41, 5.74) is 1.24. The minimum atomic E-state index is 0.733. The van der Waals surface area contributed by atoms with Gasteiger partial charge in [-0.2, -0.15) is 0 Å². The highest BCUT2D eigenvalue weighted by atomic mass is 16.5. The molecule has 2 aliphatic heterocycles. The fraction of sp³-hybridized carbons (Fsp3) is 0.556. The molecule has 0 aromatic carbocycles. The van der Waals surface area contributed by atoms with Crippen LogP contribution in [0, 0.1) is 0 Å². The molecule has 60 valence electrons. The van der Waals surface area contributed by atoms with Gasteiger partial charge in [0.1, 0.15) is 12.9 Å². The Balaban J connectivity index is 2.02. The number of allylic oxidation sites excluding steroid dienone is 1. The van der Waals surface area contributed by atoms with Crippen LogP contribution in [0.3, 0.4) is 0 Å². The largest absolute Gasteiger partial charge is 0.495 e. The highest BCUT2D eigenvalue weighted by Gasteiger charge is 2.13. The number of likely N-dealkylation sites (tertiary alicyclic amines) is 1. The zero-order chi connectivity index (χ0) is 7.52. The second-order valence-corrected chi connectivity index (χ2v) is 2.97. The van der Waals surface area contributed by atoms with E-state index in [9.17, 15) is 0 Å². The Kier molecular flexibility index (Phi) is 1.84. The third kappa shape index (κ3) is 1.39. The Bertz CT molecular complexity index is 190. The van der Waals surface area contributed by atoms with Crippen molar-refractivity contribution >= 4 is 0 Å². The fourth-order valence-electron chi connectivity index (χ4n) is 1.55. The van der Waals surface area contributed by atoms with Crippen molar-refractivity contribution in [3.63, 3.8) is 0 Å². The van der Waals surface area contributed by atoms with Crippen LogP contribution < -0.4 is 0 Å². The molecule has 0 aliphatic carbocycles. The number of nitrogens with zero attached hydrogens (tertiary/aromatic N) is 1. The van der Waals surface area contributed by atoms with Gasteiger partial charge in [0.2, 0.25) is 0 Å². The second-order valence-electron chi connectivity index (χ2n) is 2.97. The molecule has 2 heteroatoms. The SMILES string of the molecule is C1=CC(N2CCCC2)=COC1. The predicted octanol–water partition coefficient (Wildman–Crippen LogP) is 1.51. The molecule has 0 spiro atoms. The summed E-state index contributed by atoms with van der Waals surface area (Å²) < 4.78 is 5.20. The molecule has 1 saturated heterocycles. The molecule has 0 radical (unpaired) electrons. The third-order valence-electron chi connectivity index (χ3n) is 2.16. The van der Waals surface area contributed by atoms with Gasteiger partial charge in [-0.25, -0.2) is 0 Å². The lowest BCUT2D eigenvalue weighted by atomic mass is 10.3. The Labute approximate surface area is 67.1 Å². The lowest BCUT2D eigenvalue weighted by Gasteiger charge is -2.20. The van der Waals surface area contributed by atoms with Crippen LogP contribution in [0.5, 0.6) is 0 Å². The first-order chi connectivity index (χ1) is 5.47. The normalized spacial score (nSPS) is 23.3. The zero-order valence-corrected chi connectivity index (χ0v) is 6.62. The molecule has 11 heavy (non-hydrogen) atoms. The van der Waals surface area contributed by atoms with Gasteiger partial charge in [-0.15, -0.1) is 0 Å². The summed E-state index contributed by atoms with van der Waals surface area (Å²) in [6.07, 6.45) is 8.73. The fourth-order valence-corrected chi connectivity index (χ4v) is 1.55. The second kappa shape index (κ2) is 2.99. The van der Waals surface area contributed by atoms with Gasteiger partial charge in [-0.3, -0.25) is 0 Å². The van der Waals surface area contributed by atoms with Crippen LogP contribution in [0.25, 0.3) is 0 Å². The molecule has 1 fully saturated rings. The maximum Gasteiger partial charge on any atom is 0.107 e. The average molecular weight is 151 g/mol. The van der Waals surface area contributed by atoms with E-state index in [1.807, 2.05) is 6.26 Å². The molecule has 0 atom stereocenters. The molecule has 0 aromatic heterocycles. The minimum Gasteiger partial charge on any atom is -0.495 e. The number of ether oxygens (including phenoxy) is 1. The quantitative estimate of drug-likeness (QED) is 0.563. The number of hydrogen-bond donors (Lipinski definition) is 0. The minimum absolute atomic E-state index is 0.733. The van der Waals surface area contributed by atoms with Gasteiger partial charge in [0.15, 0.2) is 0 Å². The summed E-state index contributed by atoms with van der Waals surface area (Å²) in [6, 6.07) is 0. The van der Waals surface area contributed by atoms with E-state index in [1.165, 1.54) is 31.6 Å². The number of rotatable bonds is 1. The summed E-state index contributed by atoms with van der Waals surface area (Å²) in [4.78, 5) is 2.37. The maximum atomic E-state index is 5.20. The van der Waals surface area contributed by atoms with Crippen LogP contribution in [0.2, 0.25) is 0 Å². The predicted molar refractivity (Wildman–Crippen MR) is 44.0 cm³/mol. The summed E-state index contributed by atoms with van der Waals surface area (Å²) >= 11 is 0. The molecule has 0 aromatic rings. The van der Waals surface area contributed by atoms with Crippen molar-refractivity contribution in [2.45, 2.75) is 12.8 Å². The van der Waals surface area contributed by atoms with Gasteiger partial charge in [0.05, 0.1) is 5.70 Å². The highest BCUT2D eigenvalue weighted by Crippen LogP contribution is 2.17. The van der Waals surface area contributed by atoms with Gasteiger partial charge in [-0.1, -0.05) is 0 Å². The molecule has 2 rings (SSSR count). The maximum absolute atomic E-state index is 5.20. The standard InChI is InChI=1S/C9H13NO/c1-2-6-10(5-1)9-4-3-7-11-8-9/h3-4,8H,1-2,5-7H2. The van der Waals surface area contributed by atoms with Crippen molar-refractivity contribution in [3.05, 3.63) is 24.1 Å². The van der Waals surface area contributed by atoms with E-state index < -0.39 is 0 Å². The molecule has 0 unspecified atom stereocenters. The van der Waals surface area contributed by atoms with Crippen molar-refractivity contribution in [3.8, 4) is 0 Å². The molecular weight excluding hydrogens is 138 g/mol. The van der Waals surface area contributed by atoms with Crippen LogP contribution in [0.4, 0.5) is 0 Å². The van der Waals surface area contributed by atoms with E-state index in [4.69, 9.17) is 4.74 Å². The Morgan fingerprint density at radius 3 is 2.73 bits per heavy atom. The Morgan fingerprint density at radius 2 is 2.09 bits per heavy atom. The van der Waals surface area contributed by atoms with E-state index >= 15 is 0 Å². The number of hydrogen-bond acceptors (Lipinski definition) is 2. The lowest BCUT2D eigenvalue weighted by Crippen LogP contribution is -2.18. The molecule has 0 bridgehead atoms. The van der Waals surface area contributed by atoms with E-state index in [1.54, 1.807) is 0 Å². The van der Waals surface area contributed by atoms with Crippen LogP contribution in [-0.4, -0.2) is 24.6 Å². The van der Waals surface area contributed by atoms with Gasteiger partial charge < -0.3 is 9.64 Å². The van der Waals surface area contributed by atoms with Gasteiger partial charge in [-0.05, 0) is 25.0 Å². The smallest absolute Gasteiger partial charge is 0.107 e. The van der Waals surface area contributed by atoms with Crippen molar-refractivity contribution < 1.29 is 4.74 Å². The molecule has 2 heterocycles. The summed E-state index contributed by atoms with van der Waals surface area (Å²) in [5.74, 6) is 0. The average Bonchev–Trinajstić information content (AvgIpc) is 2.58. The highest BCUT2D eigenvalue weighted by molar-refractivity contribution is 5.18. The Hall–Kier alpha value is -0.920. The first kappa shape index (κ1) is 6.77. The zero-order valence-electron chi connectivity index (χ0n) is 6.62. The van der Waals surface area contributed by atoms with Gasteiger partial charge in [0, 0.05) is 13.1 Å². The molecule has 2 aliphatic rings. The van der Waals surface area contributed by atoms with E-state index in [-0.39, 0.29) is 0 Å². The van der Waals surface area contributed by atoms with Crippen LogP contribution in [-0.2, 0) is 4.74 Å². The molecular formula is C9H13NO. The molecule has 0 saturated carbocycles. The topological polar surface area (TPSA) is 12.5 Å². The van der Waals surface area contributed by atoms with Gasteiger partial charge in [0.25, 0.3) is 0 Å². The van der Waals surface area contributed by atoms with Crippen molar-refractivity contribution in [2.24, 2.45) is 0 Å². The first-order valence-corrected chi connectivity index (χ1v) is 4.20. The van der Waals surface area contributed by atoms with E-state index in [2.05, 4.69) is 17.1 Å². The summed E-state index contributed by atoms with van der Waals surface area (Å²) in [5, 5.41) is 0. The van der Waals surface area contributed by atoms with Crippen LogP contribution in [0.1, 0.15) is 12.8 Å². The summed E-state index contributed by atoms with van der Waals surface area (Å²) in [6.45, 7) is 3.12. The van der Waals surface area contributed by atoms with Gasteiger partial charge >= 0.3 is 0 Å². The Morgan fingerprint density at radius 1 is 1.27 bits per heavy atom. The summed E-state index contributed by atoms with van der Waals surface area (Å²) in [7, 11) is 0. The third-order valence-corrected chi connectivity index (χ3v) is 2.16. The lowest BCUT2D eigenvalue weighted by molar-refractivity contribution is 0.265.